The third kappa shape index (κ3) is 5.69. The molecule has 0 aromatic heterocycles. The van der Waals surface area contributed by atoms with E-state index in [1.54, 1.807) is 0 Å². The lowest BCUT2D eigenvalue weighted by Crippen LogP contribution is -2.30. The summed E-state index contributed by atoms with van der Waals surface area (Å²) in [5, 5.41) is 0. The van der Waals surface area contributed by atoms with Crippen molar-refractivity contribution < 1.29 is 4.79 Å². The molecule has 0 fully saturated rings. The summed E-state index contributed by atoms with van der Waals surface area (Å²) >= 11 is 0. The smallest absolute Gasteiger partial charge is 0.265 e. The van der Waals surface area contributed by atoms with E-state index in [9.17, 15) is 4.79 Å². The van der Waals surface area contributed by atoms with Crippen molar-refractivity contribution >= 4 is 5.91 Å². The van der Waals surface area contributed by atoms with Crippen LogP contribution in [0.25, 0.3) is 0 Å². The van der Waals surface area contributed by atoms with Crippen molar-refractivity contribution in [2.45, 2.75) is 19.9 Å². The standard InChI is InChI=1S/C15H26N4O/c1-4-19(11-5-10-18(2)3)12-13-6-8-14(9-7-13)15(20)17-16/h6-9H,4-5,10-12,16H2,1-3H3,(H,17,20). The molecule has 0 radical (unpaired) electrons. The summed E-state index contributed by atoms with van der Waals surface area (Å²) < 4.78 is 0. The van der Waals surface area contributed by atoms with Crippen LogP contribution in [-0.2, 0) is 6.54 Å². The molecule has 3 N–H and O–H groups in total. The molecular formula is C15H26N4O. The van der Waals surface area contributed by atoms with Gasteiger partial charge in [-0.25, -0.2) is 5.84 Å². The number of carbonyl (C=O) groups excluding carboxylic acids is 1. The van der Waals surface area contributed by atoms with E-state index in [1.807, 2.05) is 24.3 Å². The number of nitrogens with zero attached hydrogens (tertiary/aromatic N) is 2. The van der Waals surface area contributed by atoms with Gasteiger partial charge < -0.3 is 4.90 Å². The molecule has 0 spiro atoms. The van der Waals surface area contributed by atoms with Gasteiger partial charge in [0.05, 0.1) is 0 Å². The van der Waals surface area contributed by atoms with Gasteiger partial charge in [-0.3, -0.25) is 15.1 Å². The fourth-order valence-electron chi connectivity index (χ4n) is 2.06. The summed E-state index contributed by atoms with van der Waals surface area (Å²) in [6, 6.07) is 7.59. The number of benzene rings is 1. The number of amides is 1. The van der Waals surface area contributed by atoms with Gasteiger partial charge in [0, 0.05) is 12.1 Å². The lowest BCUT2D eigenvalue weighted by Gasteiger charge is -2.21. The van der Waals surface area contributed by atoms with Crippen LogP contribution in [0.5, 0.6) is 0 Å². The van der Waals surface area contributed by atoms with Crippen LogP contribution < -0.4 is 11.3 Å². The third-order valence-corrected chi connectivity index (χ3v) is 3.28. The summed E-state index contributed by atoms with van der Waals surface area (Å²) in [5.41, 5.74) is 3.94. The Balaban J connectivity index is 2.50. The predicted molar refractivity (Wildman–Crippen MR) is 82.2 cm³/mol. The zero-order valence-corrected chi connectivity index (χ0v) is 12.7. The van der Waals surface area contributed by atoms with E-state index in [-0.39, 0.29) is 5.91 Å². The molecule has 5 nitrogen and oxygen atoms in total. The Labute approximate surface area is 121 Å². The highest BCUT2D eigenvalue weighted by molar-refractivity contribution is 5.93. The van der Waals surface area contributed by atoms with Gasteiger partial charge in [-0.05, 0) is 57.8 Å². The van der Waals surface area contributed by atoms with Crippen molar-refractivity contribution in [3.63, 3.8) is 0 Å². The summed E-state index contributed by atoms with van der Waals surface area (Å²) in [5.74, 6) is 4.86. The molecule has 0 saturated carbocycles. The molecular weight excluding hydrogens is 252 g/mol. The third-order valence-electron chi connectivity index (χ3n) is 3.28. The Bertz CT molecular complexity index is 403. The first-order valence-corrected chi connectivity index (χ1v) is 7.03. The van der Waals surface area contributed by atoms with Crippen molar-refractivity contribution in [3.8, 4) is 0 Å². The highest BCUT2D eigenvalue weighted by Crippen LogP contribution is 2.08. The number of hydrogen-bond acceptors (Lipinski definition) is 4. The molecule has 0 atom stereocenters. The Hall–Kier alpha value is -1.43. The van der Waals surface area contributed by atoms with Crippen molar-refractivity contribution in [2.75, 3.05) is 33.7 Å². The van der Waals surface area contributed by atoms with Crippen LogP contribution in [0.1, 0.15) is 29.3 Å². The monoisotopic (exact) mass is 278 g/mol. The van der Waals surface area contributed by atoms with Crippen LogP contribution in [0.15, 0.2) is 24.3 Å². The zero-order valence-electron chi connectivity index (χ0n) is 12.7. The second-order valence-electron chi connectivity index (χ2n) is 5.20. The number of carbonyl (C=O) groups is 1. The van der Waals surface area contributed by atoms with E-state index in [2.05, 4.69) is 36.2 Å². The van der Waals surface area contributed by atoms with Gasteiger partial charge in [0.15, 0.2) is 0 Å². The topological polar surface area (TPSA) is 61.6 Å². The molecule has 0 saturated heterocycles. The van der Waals surface area contributed by atoms with Gasteiger partial charge in [0.1, 0.15) is 0 Å². The van der Waals surface area contributed by atoms with Crippen LogP contribution in [-0.4, -0.2) is 49.4 Å². The molecule has 0 unspecified atom stereocenters. The first-order chi connectivity index (χ1) is 9.56. The average molecular weight is 278 g/mol. The van der Waals surface area contributed by atoms with Crippen LogP contribution in [0.3, 0.4) is 0 Å². The van der Waals surface area contributed by atoms with E-state index in [1.165, 1.54) is 5.56 Å². The van der Waals surface area contributed by atoms with E-state index in [0.29, 0.717) is 5.56 Å². The second-order valence-corrected chi connectivity index (χ2v) is 5.20. The van der Waals surface area contributed by atoms with Crippen molar-refractivity contribution in [3.05, 3.63) is 35.4 Å². The van der Waals surface area contributed by atoms with E-state index < -0.39 is 0 Å². The number of hydrogen-bond donors (Lipinski definition) is 2. The maximum absolute atomic E-state index is 11.4. The van der Waals surface area contributed by atoms with Gasteiger partial charge in [-0.15, -0.1) is 0 Å². The number of rotatable bonds is 8. The molecule has 20 heavy (non-hydrogen) atoms. The van der Waals surface area contributed by atoms with Gasteiger partial charge in [0.2, 0.25) is 0 Å². The summed E-state index contributed by atoms with van der Waals surface area (Å²) in [4.78, 5) is 16.0. The molecule has 0 heterocycles. The average Bonchev–Trinajstić information content (AvgIpc) is 2.45. The van der Waals surface area contributed by atoms with Crippen LogP contribution in [0.2, 0.25) is 0 Å². The second kappa shape index (κ2) is 8.68. The highest BCUT2D eigenvalue weighted by atomic mass is 16.2. The number of nitrogens with one attached hydrogen (secondary N) is 1. The van der Waals surface area contributed by atoms with E-state index in [4.69, 9.17) is 5.84 Å². The SMILES string of the molecule is CCN(CCCN(C)C)Cc1ccc(C(=O)NN)cc1. The maximum atomic E-state index is 11.4. The lowest BCUT2D eigenvalue weighted by molar-refractivity contribution is 0.0953. The Kier molecular flexibility index (Phi) is 7.22. The van der Waals surface area contributed by atoms with Crippen LogP contribution in [0.4, 0.5) is 0 Å². The first kappa shape index (κ1) is 16.6. The molecule has 0 bridgehead atoms. The predicted octanol–water partition coefficient (Wildman–Crippen LogP) is 1.06. The molecule has 0 aliphatic carbocycles. The minimum absolute atomic E-state index is 0.255. The first-order valence-electron chi connectivity index (χ1n) is 7.03. The minimum Gasteiger partial charge on any atom is -0.309 e. The Morgan fingerprint density at radius 2 is 1.85 bits per heavy atom. The molecule has 1 aromatic rings. The maximum Gasteiger partial charge on any atom is 0.265 e. The summed E-state index contributed by atoms with van der Waals surface area (Å²) in [7, 11) is 4.19. The van der Waals surface area contributed by atoms with Crippen molar-refractivity contribution in [1.29, 1.82) is 0 Å². The molecule has 1 aromatic carbocycles. The molecule has 0 aliphatic heterocycles. The fraction of sp³-hybridized carbons (Fsp3) is 0.533. The normalized spacial score (nSPS) is 11.1. The quantitative estimate of drug-likeness (QED) is 0.424. The van der Waals surface area contributed by atoms with E-state index in [0.717, 1.165) is 32.6 Å². The summed E-state index contributed by atoms with van der Waals surface area (Å²) in [6.07, 6.45) is 1.16. The number of hydrazine groups is 1. The van der Waals surface area contributed by atoms with Gasteiger partial charge >= 0.3 is 0 Å². The Morgan fingerprint density at radius 1 is 1.20 bits per heavy atom. The Morgan fingerprint density at radius 3 is 2.35 bits per heavy atom. The van der Waals surface area contributed by atoms with Crippen LogP contribution in [0, 0.1) is 0 Å². The van der Waals surface area contributed by atoms with Gasteiger partial charge in [0.25, 0.3) is 5.91 Å². The van der Waals surface area contributed by atoms with Crippen molar-refractivity contribution in [2.24, 2.45) is 5.84 Å². The zero-order chi connectivity index (χ0) is 15.0. The summed E-state index contributed by atoms with van der Waals surface area (Å²) in [6.45, 7) is 6.30. The molecule has 0 aliphatic rings. The molecule has 112 valence electrons. The largest absolute Gasteiger partial charge is 0.309 e. The van der Waals surface area contributed by atoms with E-state index >= 15 is 0 Å². The molecule has 1 amide bonds. The number of nitrogen functional groups attached to an aromatic ring is 1. The molecule has 5 heteroatoms. The van der Waals surface area contributed by atoms with Gasteiger partial charge in [-0.2, -0.15) is 0 Å². The molecule has 1 rings (SSSR count). The number of nitrogens with two attached hydrogens (primary N) is 1. The van der Waals surface area contributed by atoms with Crippen LogP contribution >= 0.6 is 0 Å². The minimum atomic E-state index is -0.255. The van der Waals surface area contributed by atoms with Crippen molar-refractivity contribution in [1.82, 2.24) is 15.2 Å². The lowest BCUT2D eigenvalue weighted by atomic mass is 10.1. The van der Waals surface area contributed by atoms with Gasteiger partial charge in [-0.1, -0.05) is 19.1 Å². The highest BCUT2D eigenvalue weighted by Gasteiger charge is 2.06. The fourth-order valence-corrected chi connectivity index (χ4v) is 2.06.